The summed E-state index contributed by atoms with van der Waals surface area (Å²) < 4.78 is 5.65. The zero-order valence-electron chi connectivity index (χ0n) is 9.89. The fourth-order valence-electron chi connectivity index (χ4n) is 1.81. The molecule has 0 amide bonds. The van der Waals surface area contributed by atoms with E-state index in [9.17, 15) is 0 Å². The third-order valence-electron chi connectivity index (χ3n) is 3.12. The van der Waals surface area contributed by atoms with Crippen molar-refractivity contribution in [2.24, 2.45) is 5.41 Å². The molecular weight excluding hydrogens is 174 g/mol. The lowest BCUT2D eigenvalue weighted by molar-refractivity contribution is 0.156. The van der Waals surface area contributed by atoms with E-state index < -0.39 is 0 Å². The molecule has 0 fully saturated rings. The van der Waals surface area contributed by atoms with Gasteiger partial charge in [0.15, 0.2) is 0 Å². The van der Waals surface area contributed by atoms with Gasteiger partial charge in [-0.2, -0.15) is 0 Å². The Balaban J connectivity index is 2.72. The van der Waals surface area contributed by atoms with Gasteiger partial charge in [0.25, 0.3) is 0 Å². The smallest absolute Gasteiger partial charge is 0.110 e. The van der Waals surface area contributed by atoms with Crippen LogP contribution in [0.5, 0.6) is 0 Å². The van der Waals surface area contributed by atoms with Crippen LogP contribution in [0.2, 0.25) is 0 Å². The van der Waals surface area contributed by atoms with E-state index in [1.54, 1.807) is 0 Å². The van der Waals surface area contributed by atoms with Crippen molar-refractivity contribution >= 4 is 0 Å². The summed E-state index contributed by atoms with van der Waals surface area (Å²) >= 11 is 0. The second kappa shape index (κ2) is 4.83. The predicted molar refractivity (Wildman–Crippen MR) is 60.2 cm³/mol. The van der Waals surface area contributed by atoms with Gasteiger partial charge in [-0.1, -0.05) is 27.7 Å². The van der Waals surface area contributed by atoms with Gasteiger partial charge >= 0.3 is 0 Å². The van der Waals surface area contributed by atoms with Gasteiger partial charge in [0.2, 0.25) is 0 Å². The number of nitrogens with one attached hydrogen (secondary N) is 1. The molecule has 1 N–H and O–H groups in total. The summed E-state index contributed by atoms with van der Waals surface area (Å²) in [7, 11) is 0. The van der Waals surface area contributed by atoms with E-state index in [4.69, 9.17) is 4.74 Å². The van der Waals surface area contributed by atoms with E-state index in [1.165, 1.54) is 0 Å². The molecule has 0 aromatic rings. The van der Waals surface area contributed by atoms with E-state index in [1.807, 2.05) is 0 Å². The molecule has 0 saturated heterocycles. The molecular formula is C12H23NO. The number of ether oxygens (including phenoxy) is 1. The average molecular weight is 197 g/mol. The van der Waals surface area contributed by atoms with Crippen LogP contribution in [0.3, 0.4) is 0 Å². The van der Waals surface area contributed by atoms with Crippen molar-refractivity contribution in [2.75, 3.05) is 13.2 Å². The second-order valence-corrected chi connectivity index (χ2v) is 4.58. The monoisotopic (exact) mass is 197 g/mol. The molecule has 2 nitrogen and oxygen atoms in total. The lowest BCUT2D eigenvalue weighted by Gasteiger charge is -2.34. The normalized spacial score (nSPS) is 19.0. The molecule has 0 radical (unpaired) electrons. The van der Waals surface area contributed by atoms with Crippen molar-refractivity contribution in [2.45, 2.75) is 46.6 Å². The summed E-state index contributed by atoms with van der Waals surface area (Å²) in [6.45, 7) is 10.8. The number of rotatable bonds is 5. The molecule has 0 spiro atoms. The van der Waals surface area contributed by atoms with Crippen LogP contribution >= 0.6 is 0 Å². The third-order valence-corrected chi connectivity index (χ3v) is 3.12. The van der Waals surface area contributed by atoms with E-state index in [2.05, 4.69) is 39.1 Å². The van der Waals surface area contributed by atoms with Gasteiger partial charge in [0, 0.05) is 6.42 Å². The summed E-state index contributed by atoms with van der Waals surface area (Å²) in [6.07, 6.45) is 4.45. The Kier molecular flexibility index (Phi) is 3.99. The quantitative estimate of drug-likeness (QED) is 0.731. The zero-order chi connectivity index (χ0) is 10.6. The summed E-state index contributed by atoms with van der Waals surface area (Å²) in [6, 6.07) is 0.375. The molecule has 0 saturated carbocycles. The summed E-state index contributed by atoms with van der Waals surface area (Å²) in [5.74, 6) is 1.15. The molecule has 82 valence electrons. The summed E-state index contributed by atoms with van der Waals surface area (Å²) in [5, 5.41) is 3.52. The number of hydrogen-bond acceptors (Lipinski definition) is 2. The first-order chi connectivity index (χ1) is 6.61. The average Bonchev–Trinajstić information content (AvgIpc) is 2.66. The highest BCUT2D eigenvalue weighted by Crippen LogP contribution is 2.31. The first-order valence-electron chi connectivity index (χ1n) is 5.68. The van der Waals surface area contributed by atoms with Crippen LogP contribution < -0.4 is 5.32 Å². The van der Waals surface area contributed by atoms with Crippen LogP contribution in [0.4, 0.5) is 0 Å². The van der Waals surface area contributed by atoms with Gasteiger partial charge in [-0.05, 0) is 24.5 Å². The molecule has 0 aromatic heterocycles. The van der Waals surface area contributed by atoms with Crippen molar-refractivity contribution in [3.05, 3.63) is 11.8 Å². The Hall–Kier alpha value is -0.500. The minimum absolute atomic E-state index is 0.270. The van der Waals surface area contributed by atoms with Gasteiger partial charge in [-0.15, -0.1) is 0 Å². The zero-order valence-corrected chi connectivity index (χ0v) is 9.89. The van der Waals surface area contributed by atoms with Crippen molar-refractivity contribution in [1.29, 1.82) is 0 Å². The molecule has 1 rings (SSSR count). The molecule has 0 aromatic carbocycles. The van der Waals surface area contributed by atoms with Crippen LogP contribution in [0.25, 0.3) is 0 Å². The number of likely N-dealkylation sites (N-methyl/N-ethyl adjacent to an activating group) is 1. The Bertz CT molecular complexity index is 208. The first-order valence-corrected chi connectivity index (χ1v) is 5.68. The topological polar surface area (TPSA) is 21.3 Å². The molecule has 1 atom stereocenters. The Morgan fingerprint density at radius 3 is 2.64 bits per heavy atom. The van der Waals surface area contributed by atoms with Gasteiger partial charge in [0.1, 0.15) is 5.76 Å². The highest BCUT2D eigenvalue weighted by atomic mass is 16.5. The predicted octanol–water partition coefficient (Wildman–Crippen LogP) is 2.70. The van der Waals surface area contributed by atoms with Crippen LogP contribution in [-0.2, 0) is 4.74 Å². The maximum atomic E-state index is 5.65. The largest absolute Gasteiger partial charge is 0.496 e. The maximum absolute atomic E-state index is 5.65. The molecule has 1 aliphatic heterocycles. The van der Waals surface area contributed by atoms with Gasteiger partial charge < -0.3 is 10.1 Å². The van der Waals surface area contributed by atoms with Gasteiger partial charge in [0.05, 0.1) is 12.6 Å². The van der Waals surface area contributed by atoms with Crippen LogP contribution in [0, 0.1) is 5.41 Å². The SMILES string of the molecule is CCNC(C1=CCCO1)C(C)(C)CC. The highest BCUT2D eigenvalue weighted by molar-refractivity contribution is 5.11. The van der Waals surface area contributed by atoms with Crippen molar-refractivity contribution in [1.82, 2.24) is 5.32 Å². The van der Waals surface area contributed by atoms with E-state index in [0.717, 1.165) is 31.8 Å². The van der Waals surface area contributed by atoms with Crippen molar-refractivity contribution < 1.29 is 4.74 Å². The molecule has 1 unspecified atom stereocenters. The lowest BCUT2D eigenvalue weighted by atomic mass is 9.80. The fourth-order valence-corrected chi connectivity index (χ4v) is 1.81. The fraction of sp³-hybridized carbons (Fsp3) is 0.833. The summed E-state index contributed by atoms with van der Waals surface area (Å²) in [5.41, 5.74) is 0.270. The minimum Gasteiger partial charge on any atom is -0.496 e. The lowest BCUT2D eigenvalue weighted by Crippen LogP contribution is -2.43. The van der Waals surface area contributed by atoms with Gasteiger partial charge in [-0.25, -0.2) is 0 Å². The Morgan fingerprint density at radius 2 is 2.21 bits per heavy atom. The van der Waals surface area contributed by atoms with E-state index in [0.29, 0.717) is 6.04 Å². The van der Waals surface area contributed by atoms with E-state index >= 15 is 0 Å². The van der Waals surface area contributed by atoms with Crippen LogP contribution in [0.1, 0.15) is 40.5 Å². The molecule has 0 bridgehead atoms. The Morgan fingerprint density at radius 1 is 1.50 bits per heavy atom. The molecule has 2 heteroatoms. The standard InChI is InChI=1S/C12H23NO/c1-5-12(3,4)11(13-6-2)10-8-7-9-14-10/h8,11,13H,5-7,9H2,1-4H3. The number of hydrogen-bond donors (Lipinski definition) is 1. The first kappa shape index (κ1) is 11.6. The van der Waals surface area contributed by atoms with Crippen LogP contribution in [0.15, 0.2) is 11.8 Å². The Labute approximate surface area is 87.7 Å². The van der Waals surface area contributed by atoms with Crippen LogP contribution in [-0.4, -0.2) is 19.2 Å². The molecule has 1 aliphatic rings. The maximum Gasteiger partial charge on any atom is 0.110 e. The minimum atomic E-state index is 0.270. The van der Waals surface area contributed by atoms with E-state index in [-0.39, 0.29) is 5.41 Å². The highest BCUT2D eigenvalue weighted by Gasteiger charge is 2.32. The summed E-state index contributed by atoms with van der Waals surface area (Å²) in [4.78, 5) is 0. The molecule has 14 heavy (non-hydrogen) atoms. The van der Waals surface area contributed by atoms with Crippen molar-refractivity contribution in [3.8, 4) is 0 Å². The molecule has 1 heterocycles. The molecule has 0 aliphatic carbocycles. The van der Waals surface area contributed by atoms with Gasteiger partial charge in [-0.3, -0.25) is 0 Å². The third kappa shape index (κ3) is 2.50. The second-order valence-electron chi connectivity index (χ2n) is 4.58. The van der Waals surface area contributed by atoms with Crippen molar-refractivity contribution in [3.63, 3.8) is 0 Å².